The molecular formula is C36H65N3O5. The summed E-state index contributed by atoms with van der Waals surface area (Å²) in [5.41, 5.74) is -2.53. The highest BCUT2D eigenvalue weighted by atomic mass is 16.7. The highest BCUT2D eigenvalue weighted by Gasteiger charge is 2.56. The van der Waals surface area contributed by atoms with E-state index in [0.717, 1.165) is 25.7 Å². The van der Waals surface area contributed by atoms with Crippen molar-refractivity contribution in [2.45, 2.75) is 182 Å². The minimum Gasteiger partial charge on any atom is -0.354 e. The zero-order valence-electron chi connectivity index (χ0n) is 30.7. The first-order valence-electron chi connectivity index (χ1n) is 17.1. The van der Waals surface area contributed by atoms with E-state index in [1.54, 1.807) is 13.8 Å². The summed E-state index contributed by atoms with van der Waals surface area (Å²) in [5.74, 6) is 0.0107. The number of nitrogens with one attached hydrogen (secondary N) is 1. The van der Waals surface area contributed by atoms with Crippen molar-refractivity contribution in [3.8, 4) is 0 Å². The minimum atomic E-state index is -1.16. The summed E-state index contributed by atoms with van der Waals surface area (Å²) < 4.78 is 0. The lowest BCUT2D eigenvalue weighted by Gasteiger charge is -2.59. The quantitative estimate of drug-likeness (QED) is 0.161. The van der Waals surface area contributed by atoms with Gasteiger partial charge in [0, 0.05) is 30.8 Å². The van der Waals surface area contributed by atoms with E-state index in [1.165, 1.54) is 5.57 Å². The van der Waals surface area contributed by atoms with Gasteiger partial charge in [0.05, 0.1) is 16.6 Å². The van der Waals surface area contributed by atoms with Crippen molar-refractivity contribution < 1.29 is 24.1 Å². The molecule has 6 atom stereocenters. The largest absolute Gasteiger partial charge is 0.354 e. The molecule has 2 heterocycles. The molecule has 0 aromatic heterocycles. The Morgan fingerprint density at radius 3 is 1.75 bits per heavy atom. The molecule has 0 spiro atoms. The molecule has 0 aliphatic carbocycles. The van der Waals surface area contributed by atoms with Gasteiger partial charge in [-0.2, -0.15) is 10.1 Å². The van der Waals surface area contributed by atoms with E-state index in [9.17, 15) is 14.4 Å². The lowest BCUT2D eigenvalue weighted by Crippen LogP contribution is -2.69. The summed E-state index contributed by atoms with van der Waals surface area (Å²) >= 11 is 0. The maximum Gasteiger partial charge on any atom is 0.253 e. The van der Waals surface area contributed by atoms with Gasteiger partial charge in [-0.3, -0.25) is 24.1 Å². The van der Waals surface area contributed by atoms with Gasteiger partial charge in [0.1, 0.15) is 11.4 Å². The molecule has 1 N–H and O–H groups in total. The first kappa shape index (κ1) is 38.6. The van der Waals surface area contributed by atoms with Crippen LogP contribution in [0.5, 0.6) is 0 Å². The summed E-state index contributed by atoms with van der Waals surface area (Å²) in [6, 6.07) is 0. The second kappa shape index (κ2) is 13.6. The van der Waals surface area contributed by atoms with Crippen LogP contribution in [-0.4, -0.2) is 67.5 Å². The minimum absolute atomic E-state index is 0.000569. The molecule has 2 aliphatic rings. The van der Waals surface area contributed by atoms with Crippen LogP contribution < -0.4 is 5.32 Å². The van der Waals surface area contributed by atoms with Crippen molar-refractivity contribution in [2.24, 2.45) is 11.8 Å². The number of hydroxylamine groups is 4. The van der Waals surface area contributed by atoms with Gasteiger partial charge in [-0.25, -0.2) is 0 Å². The van der Waals surface area contributed by atoms with E-state index in [4.69, 9.17) is 9.68 Å². The Bertz CT molecular complexity index is 1000. The summed E-state index contributed by atoms with van der Waals surface area (Å²) in [5, 5.41) is 7.05. The standard InChI is InChI=1S/C36H65N3O5/c1-16-33(12)23-25(5)26(6)35(14,18-3)38(33)43-31(8,9)29(41)21-20-22-37-30(42)32(10,11)44-39-34(13,17-2)24-28(40)27(7)36(39,15)19-4/h26-27H,5,16-24H2,1-4,6-15H3,(H,37,42). The van der Waals surface area contributed by atoms with Crippen LogP contribution in [0.4, 0.5) is 0 Å². The van der Waals surface area contributed by atoms with Crippen molar-refractivity contribution in [2.75, 3.05) is 6.54 Å². The number of ketones is 2. The number of piperidine rings is 2. The summed E-state index contributed by atoms with van der Waals surface area (Å²) in [6.07, 6.45) is 5.18. The van der Waals surface area contributed by atoms with E-state index in [0.29, 0.717) is 25.8 Å². The van der Waals surface area contributed by atoms with Crippen LogP contribution in [0.2, 0.25) is 0 Å². The Kier molecular flexibility index (Phi) is 11.9. The van der Waals surface area contributed by atoms with Gasteiger partial charge < -0.3 is 5.32 Å². The fourth-order valence-electron chi connectivity index (χ4n) is 7.07. The third-order valence-corrected chi connectivity index (χ3v) is 11.7. The molecule has 0 aromatic carbocycles. The fraction of sp³-hybridized carbons (Fsp3) is 0.861. The highest BCUT2D eigenvalue weighted by molar-refractivity contribution is 5.87. The zero-order chi connectivity index (χ0) is 34.1. The Hall–Kier alpha value is -1.61. The SMILES string of the molecule is C=C1CC(C)(CC)N(OC(C)(C)C(=O)CCCNC(=O)C(C)(C)ON2C(C)(CC)CC(=O)C(C)C2(C)CC)C(C)(CC)C1C. The molecule has 2 aliphatic heterocycles. The molecule has 0 bridgehead atoms. The van der Waals surface area contributed by atoms with E-state index in [2.05, 4.69) is 72.3 Å². The first-order valence-corrected chi connectivity index (χ1v) is 17.1. The maximum absolute atomic E-state index is 13.5. The predicted octanol–water partition coefficient (Wildman–Crippen LogP) is 7.36. The smallest absolute Gasteiger partial charge is 0.253 e. The molecule has 0 aromatic rings. The van der Waals surface area contributed by atoms with Crippen molar-refractivity contribution in [1.29, 1.82) is 0 Å². The van der Waals surface area contributed by atoms with Gasteiger partial charge in [-0.1, -0.05) is 53.7 Å². The molecule has 0 radical (unpaired) electrons. The zero-order valence-corrected chi connectivity index (χ0v) is 30.7. The summed E-state index contributed by atoms with van der Waals surface area (Å²) in [7, 11) is 0. The Labute approximate surface area is 269 Å². The number of Topliss-reactive ketones (excluding diaryl/α,β-unsaturated/α-hetero) is 2. The fourth-order valence-corrected chi connectivity index (χ4v) is 7.07. The van der Waals surface area contributed by atoms with E-state index in [1.807, 2.05) is 32.8 Å². The van der Waals surface area contributed by atoms with Crippen LogP contribution in [0, 0.1) is 11.8 Å². The Morgan fingerprint density at radius 2 is 1.27 bits per heavy atom. The van der Waals surface area contributed by atoms with Crippen LogP contribution in [0.3, 0.4) is 0 Å². The topological polar surface area (TPSA) is 88.2 Å². The second-order valence-corrected chi connectivity index (χ2v) is 15.6. The second-order valence-electron chi connectivity index (χ2n) is 15.6. The first-order chi connectivity index (χ1) is 20.0. The summed E-state index contributed by atoms with van der Waals surface area (Å²) in [4.78, 5) is 53.0. The number of amides is 1. The van der Waals surface area contributed by atoms with Crippen molar-refractivity contribution in [1.82, 2.24) is 15.4 Å². The Balaban J connectivity index is 2.07. The molecular weight excluding hydrogens is 554 g/mol. The number of hydrogen-bond acceptors (Lipinski definition) is 7. The number of nitrogens with zero attached hydrogens (tertiary/aromatic N) is 2. The van der Waals surface area contributed by atoms with Gasteiger partial charge in [-0.05, 0) is 99.8 Å². The third kappa shape index (κ3) is 7.19. The maximum atomic E-state index is 13.5. The van der Waals surface area contributed by atoms with Gasteiger partial charge in [0.25, 0.3) is 5.91 Å². The number of rotatable bonds is 14. The van der Waals surface area contributed by atoms with Crippen molar-refractivity contribution >= 4 is 17.5 Å². The average molecular weight is 620 g/mol. The van der Waals surface area contributed by atoms with Gasteiger partial charge >= 0.3 is 0 Å². The molecule has 1 amide bonds. The number of hydrogen-bond donors (Lipinski definition) is 1. The Morgan fingerprint density at radius 1 is 0.818 bits per heavy atom. The van der Waals surface area contributed by atoms with E-state index >= 15 is 0 Å². The summed E-state index contributed by atoms with van der Waals surface area (Å²) in [6.45, 7) is 33.1. The molecule has 2 fully saturated rings. The molecule has 8 heteroatoms. The predicted molar refractivity (Wildman–Crippen MR) is 178 cm³/mol. The molecule has 2 rings (SSSR count). The van der Waals surface area contributed by atoms with Crippen LogP contribution in [0.15, 0.2) is 12.2 Å². The number of carbonyl (C=O) groups is 3. The lowest BCUT2D eigenvalue weighted by molar-refractivity contribution is -0.330. The third-order valence-electron chi connectivity index (χ3n) is 11.7. The molecule has 6 unspecified atom stereocenters. The van der Waals surface area contributed by atoms with Gasteiger partial charge in [0.15, 0.2) is 11.4 Å². The van der Waals surface area contributed by atoms with Gasteiger partial charge in [0.2, 0.25) is 0 Å². The van der Waals surface area contributed by atoms with E-state index in [-0.39, 0.29) is 46.8 Å². The normalized spacial score (nSPS) is 34.3. The molecule has 44 heavy (non-hydrogen) atoms. The molecule has 0 saturated carbocycles. The lowest BCUT2D eigenvalue weighted by atomic mass is 9.69. The monoisotopic (exact) mass is 619 g/mol. The average Bonchev–Trinajstić information content (AvgIpc) is 2.97. The van der Waals surface area contributed by atoms with Crippen molar-refractivity contribution in [3.05, 3.63) is 12.2 Å². The van der Waals surface area contributed by atoms with Gasteiger partial charge in [-0.15, -0.1) is 0 Å². The van der Waals surface area contributed by atoms with Crippen LogP contribution >= 0.6 is 0 Å². The van der Waals surface area contributed by atoms with Crippen LogP contribution in [-0.2, 0) is 24.1 Å². The highest BCUT2D eigenvalue weighted by Crippen LogP contribution is 2.49. The van der Waals surface area contributed by atoms with E-state index < -0.39 is 22.3 Å². The molecule has 2 saturated heterocycles. The van der Waals surface area contributed by atoms with Crippen LogP contribution in [0.1, 0.15) is 148 Å². The number of carbonyl (C=O) groups excluding carboxylic acids is 3. The molecule has 254 valence electrons. The molecule has 8 nitrogen and oxygen atoms in total. The van der Waals surface area contributed by atoms with Crippen molar-refractivity contribution in [3.63, 3.8) is 0 Å². The van der Waals surface area contributed by atoms with Crippen LogP contribution in [0.25, 0.3) is 0 Å².